The lowest BCUT2D eigenvalue weighted by molar-refractivity contribution is -0.136. The third-order valence-electron chi connectivity index (χ3n) is 5.08. The van der Waals surface area contributed by atoms with Gasteiger partial charge in [0.15, 0.2) is 0 Å². The van der Waals surface area contributed by atoms with Crippen molar-refractivity contribution in [3.63, 3.8) is 0 Å². The van der Waals surface area contributed by atoms with E-state index in [4.69, 9.17) is 16.3 Å². The fourth-order valence-corrected chi connectivity index (χ4v) is 3.50. The molecule has 1 aliphatic heterocycles. The second kappa shape index (κ2) is 11.0. The van der Waals surface area contributed by atoms with Crippen LogP contribution >= 0.6 is 11.6 Å². The average molecular weight is 431 g/mol. The van der Waals surface area contributed by atoms with Gasteiger partial charge in [0.1, 0.15) is 5.75 Å². The Morgan fingerprint density at radius 2 is 1.63 bits per heavy atom. The van der Waals surface area contributed by atoms with Gasteiger partial charge in [-0.05, 0) is 35.9 Å². The van der Waals surface area contributed by atoms with Gasteiger partial charge in [0.25, 0.3) is 0 Å². The van der Waals surface area contributed by atoms with Crippen molar-refractivity contribution in [2.24, 2.45) is 0 Å². The number of anilines is 1. The predicted octanol–water partition coefficient (Wildman–Crippen LogP) is 2.22. The molecule has 1 aliphatic rings. The van der Waals surface area contributed by atoms with Gasteiger partial charge in [0.2, 0.25) is 0 Å². The first-order valence-electron chi connectivity index (χ1n) is 9.96. The van der Waals surface area contributed by atoms with Gasteiger partial charge in [-0.3, -0.25) is 19.4 Å². The van der Waals surface area contributed by atoms with E-state index in [1.165, 1.54) is 0 Å². The maximum absolute atomic E-state index is 12.0. The number of hydrogen-bond donors (Lipinski definition) is 2. The van der Waals surface area contributed by atoms with Gasteiger partial charge >= 0.3 is 11.8 Å². The first-order chi connectivity index (χ1) is 14.5. The Balaban J connectivity index is 1.33. The normalized spacial score (nSPS) is 14.9. The van der Waals surface area contributed by atoms with E-state index in [2.05, 4.69) is 26.5 Å². The molecule has 8 heteroatoms. The molecule has 0 aromatic heterocycles. The number of carbonyl (C=O) groups excluding carboxylic acids is 2. The summed E-state index contributed by atoms with van der Waals surface area (Å²) in [6.07, 6.45) is 0. The molecule has 3 rings (SSSR count). The molecule has 0 saturated carbocycles. The molecule has 1 fully saturated rings. The zero-order chi connectivity index (χ0) is 21.3. The summed E-state index contributed by atoms with van der Waals surface area (Å²) < 4.78 is 5.07. The largest absolute Gasteiger partial charge is 0.497 e. The fraction of sp³-hybridized carbons (Fsp3) is 0.364. The minimum Gasteiger partial charge on any atom is -0.497 e. The summed E-state index contributed by atoms with van der Waals surface area (Å²) in [5, 5.41) is 6.06. The minimum atomic E-state index is -0.676. The number of piperazine rings is 1. The molecule has 0 bridgehead atoms. The number of nitrogens with zero attached hydrogens (tertiary/aromatic N) is 2. The van der Waals surface area contributed by atoms with E-state index in [9.17, 15) is 9.59 Å². The average Bonchev–Trinajstić information content (AvgIpc) is 2.77. The highest BCUT2D eigenvalue weighted by Gasteiger charge is 2.18. The first-order valence-corrected chi connectivity index (χ1v) is 10.3. The van der Waals surface area contributed by atoms with Crippen LogP contribution in [0.3, 0.4) is 0 Å². The van der Waals surface area contributed by atoms with Crippen molar-refractivity contribution in [1.29, 1.82) is 0 Å². The number of halogens is 1. The number of carbonyl (C=O) groups is 2. The topological polar surface area (TPSA) is 73.9 Å². The standard InChI is InChI=1S/C22H27ClN4O3/c1-30-19-8-6-18(7-9-19)25-22(29)21(28)24-10-11-26-12-14-27(15-13-26)16-17-4-2-3-5-20(17)23/h2-9H,10-16H2,1H3,(H,24,28)(H,25,29). The van der Waals surface area contributed by atoms with Gasteiger partial charge in [0, 0.05) is 56.5 Å². The molecule has 1 saturated heterocycles. The van der Waals surface area contributed by atoms with E-state index in [1.54, 1.807) is 31.4 Å². The van der Waals surface area contributed by atoms with Crippen molar-refractivity contribution in [2.45, 2.75) is 6.54 Å². The molecule has 0 unspecified atom stereocenters. The van der Waals surface area contributed by atoms with E-state index in [0.717, 1.165) is 43.3 Å². The molecule has 2 N–H and O–H groups in total. The van der Waals surface area contributed by atoms with Crippen LogP contribution in [0.25, 0.3) is 0 Å². The Bertz CT molecular complexity index is 852. The van der Waals surface area contributed by atoms with Crippen LogP contribution in [0, 0.1) is 0 Å². The molecule has 2 aromatic rings. The zero-order valence-corrected chi connectivity index (χ0v) is 17.8. The number of ether oxygens (including phenoxy) is 1. The second-order valence-corrected chi connectivity index (χ2v) is 7.55. The highest BCUT2D eigenvalue weighted by Crippen LogP contribution is 2.18. The van der Waals surface area contributed by atoms with Crippen LogP contribution < -0.4 is 15.4 Å². The summed E-state index contributed by atoms with van der Waals surface area (Å²) in [7, 11) is 1.57. The number of hydrogen-bond acceptors (Lipinski definition) is 5. The van der Waals surface area contributed by atoms with Gasteiger partial charge < -0.3 is 15.4 Å². The molecule has 160 valence electrons. The lowest BCUT2D eigenvalue weighted by Gasteiger charge is -2.34. The number of nitrogens with one attached hydrogen (secondary N) is 2. The number of amides is 2. The van der Waals surface area contributed by atoms with Crippen molar-refractivity contribution in [2.75, 3.05) is 51.7 Å². The highest BCUT2D eigenvalue weighted by atomic mass is 35.5. The Morgan fingerprint density at radius 3 is 2.30 bits per heavy atom. The van der Waals surface area contributed by atoms with Gasteiger partial charge in [-0.25, -0.2) is 0 Å². The predicted molar refractivity (Wildman–Crippen MR) is 118 cm³/mol. The van der Waals surface area contributed by atoms with Crippen LogP contribution in [0.5, 0.6) is 5.75 Å². The molecule has 0 spiro atoms. The molecule has 30 heavy (non-hydrogen) atoms. The fourth-order valence-electron chi connectivity index (χ4n) is 3.31. The SMILES string of the molecule is COc1ccc(NC(=O)C(=O)NCCN2CCN(Cc3ccccc3Cl)CC2)cc1. The van der Waals surface area contributed by atoms with Gasteiger partial charge in [-0.2, -0.15) is 0 Å². The summed E-state index contributed by atoms with van der Waals surface area (Å²) in [4.78, 5) is 28.7. The molecule has 0 radical (unpaired) electrons. The van der Waals surface area contributed by atoms with E-state index in [-0.39, 0.29) is 0 Å². The monoisotopic (exact) mass is 430 g/mol. The van der Waals surface area contributed by atoms with E-state index >= 15 is 0 Å². The van der Waals surface area contributed by atoms with E-state index in [1.807, 2.05) is 18.2 Å². The maximum atomic E-state index is 12.0. The maximum Gasteiger partial charge on any atom is 0.313 e. The molecule has 0 aliphatic carbocycles. The molecule has 2 aromatic carbocycles. The summed E-state index contributed by atoms with van der Waals surface area (Å²) in [6.45, 7) is 5.70. The quantitative estimate of drug-likeness (QED) is 0.659. The van der Waals surface area contributed by atoms with Crippen LogP contribution in [0.4, 0.5) is 5.69 Å². The highest BCUT2D eigenvalue weighted by molar-refractivity contribution is 6.39. The van der Waals surface area contributed by atoms with Gasteiger partial charge in [-0.15, -0.1) is 0 Å². The molecule has 2 amide bonds. The van der Waals surface area contributed by atoms with Crippen LogP contribution in [0.15, 0.2) is 48.5 Å². The zero-order valence-electron chi connectivity index (χ0n) is 17.1. The lowest BCUT2D eigenvalue weighted by Crippen LogP contribution is -2.48. The summed E-state index contributed by atoms with van der Waals surface area (Å²) in [6, 6.07) is 14.7. The molecule has 0 atom stereocenters. The molecular weight excluding hydrogens is 404 g/mol. The van der Waals surface area contributed by atoms with Crippen molar-refractivity contribution in [3.8, 4) is 5.75 Å². The smallest absolute Gasteiger partial charge is 0.313 e. The van der Waals surface area contributed by atoms with Crippen molar-refractivity contribution in [1.82, 2.24) is 15.1 Å². The number of benzene rings is 2. The van der Waals surface area contributed by atoms with Crippen molar-refractivity contribution < 1.29 is 14.3 Å². The summed E-state index contributed by atoms with van der Waals surface area (Å²) in [5.41, 5.74) is 1.69. The molecule has 7 nitrogen and oxygen atoms in total. The van der Waals surface area contributed by atoms with E-state index in [0.29, 0.717) is 24.5 Å². The van der Waals surface area contributed by atoms with Crippen LogP contribution in [-0.2, 0) is 16.1 Å². The van der Waals surface area contributed by atoms with E-state index < -0.39 is 11.8 Å². The summed E-state index contributed by atoms with van der Waals surface area (Å²) in [5.74, 6) is -0.627. The third kappa shape index (κ3) is 6.45. The van der Waals surface area contributed by atoms with Crippen LogP contribution in [-0.4, -0.2) is 68.0 Å². The first kappa shape index (κ1) is 22.1. The second-order valence-electron chi connectivity index (χ2n) is 7.15. The number of methoxy groups -OCH3 is 1. The lowest BCUT2D eigenvalue weighted by atomic mass is 10.2. The van der Waals surface area contributed by atoms with Gasteiger partial charge in [-0.1, -0.05) is 29.8 Å². The Kier molecular flexibility index (Phi) is 8.07. The Hall–Kier alpha value is -2.61. The molecular formula is C22H27ClN4O3. The van der Waals surface area contributed by atoms with Crippen molar-refractivity contribution in [3.05, 3.63) is 59.1 Å². The van der Waals surface area contributed by atoms with Crippen LogP contribution in [0.2, 0.25) is 5.02 Å². The van der Waals surface area contributed by atoms with Crippen molar-refractivity contribution >= 4 is 29.1 Å². The summed E-state index contributed by atoms with van der Waals surface area (Å²) >= 11 is 6.24. The minimum absolute atomic E-state index is 0.430. The third-order valence-corrected chi connectivity index (χ3v) is 5.45. The number of rotatable bonds is 7. The Labute approximate surface area is 181 Å². The van der Waals surface area contributed by atoms with Gasteiger partial charge in [0.05, 0.1) is 7.11 Å². The molecule has 1 heterocycles. The van der Waals surface area contributed by atoms with Crippen LogP contribution in [0.1, 0.15) is 5.56 Å². The Morgan fingerprint density at radius 1 is 0.967 bits per heavy atom.